The number of fused-ring (bicyclic) bond motifs is 2. The first-order valence-corrected chi connectivity index (χ1v) is 13.9. The number of nitrogen functional groups attached to an aromatic ring is 1. The van der Waals surface area contributed by atoms with Gasteiger partial charge in [-0.3, -0.25) is 4.90 Å². The zero-order valence-corrected chi connectivity index (χ0v) is 21.7. The third-order valence-corrected chi connectivity index (χ3v) is 11.9. The van der Waals surface area contributed by atoms with Gasteiger partial charge in [-0.25, -0.2) is 4.79 Å². The van der Waals surface area contributed by atoms with E-state index in [1.807, 2.05) is 19.2 Å². The van der Waals surface area contributed by atoms with Crippen molar-refractivity contribution in [3.8, 4) is 0 Å². The van der Waals surface area contributed by atoms with Crippen LogP contribution < -0.4 is 5.73 Å². The van der Waals surface area contributed by atoms with Crippen molar-refractivity contribution >= 4 is 11.7 Å². The highest BCUT2D eigenvalue weighted by Crippen LogP contribution is 2.78. The summed E-state index contributed by atoms with van der Waals surface area (Å²) in [6.45, 7) is 3.85. The molecule has 0 radical (unpaired) electrons. The van der Waals surface area contributed by atoms with Gasteiger partial charge in [-0.15, -0.1) is 0 Å². The predicted molar refractivity (Wildman–Crippen MR) is 134 cm³/mol. The number of piperidine rings is 1. The number of anilines is 1. The fraction of sp³-hybridized carbons (Fsp3) is 0.759. The molecule has 11 atom stereocenters. The molecule has 196 valence electrons. The Morgan fingerprint density at radius 2 is 1.97 bits per heavy atom. The number of hydrogen-bond donors (Lipinski definition) is 2. The number of nitrogens with zero attached hydrogens (tertiary/aromatic N) is 1. The van der Waals surface area contributed by atoms with Crippen LogP contribution >= 0.6 is 0 Å². The summed E-state index contributed by atoms with van der Waals surface area (Å²) in [5, 5.41) is 12.6. The molecule has 36 heavy (non-hydrogen) atoms. The lowest BCUT2D eigenvalue weighted by atomic mass is 9.46. The van der Waals surface area contributed by atoms with E-state index in [0.717, 1.165) is 45.2 Å². The van der Waals surface area contributed by atoms with Crippen LogP contribution in [0, 0.1) is 35.0 Å². The average Bonchev–Trinajstić information content (AvgIpc) is 3.33. The van der Waals surface area contributed by atoms with Crippen LogP contribution in [0.15, 0.2) is 24.3 Å². The molecule has 1 aliphatic heterocycles. The van der Waals surface area contributed by atoms with Crippen LogP contribution in [0.4, 0.5) is 5.69 Å². The number of likely N-dealkylation sites (N-methyl/N-ethyl adjacent to an activating group) is 1. The summed E-state index contributed by atoms with van der Waals surface area (Å²) in [7, 11) is 3.60. The fourth-order valence-electron chi connectivity index (χ4n) is 11.0. The molecule has 5 aliphatic carbocycles. The Hall–Kier alpha value is -1.67. The standard InChI is InChI=1S/C29H40N2O5/c1-4-31-15-27(36-26(32)16-8-5-6-9-20(16)30)10-7-11-28-18-12-17-21(34-2)14-29(33,23(18)24(17)35-3)19(25(28)31)13-22(27)28/h5-6,8-9,17-19,21-25,33H,4,7,10-15,30H2,1-3H3/t17-,18?,19-,21?,22+,23?,24-,25-,27?,28+,29?/m0/s1. The lowest BCUT2D eigenvalue weighted by molar-refractivity contribution is -0.256. The second kappa shape index (κ2) is 7.68. The van der Waals surface area contributed by atoms with Gasteiger partial charge in [0.05, 0.1) is 23.4 Å². The quantitative estimate of drug-likeness (QED) is 0.478. The van der Waals surface area contributed by atoms with Crippen molar-refractivity contribution in [3.05, 3.63) is 29.8 Å². The lowest BCUT2D eigenvalue weighted by Gasteiger charge is -2.67. The van der Waals surface area contributed by atoms with Crippen LogP contribution in [0.5, 0.6) is 0 Å². The van der Waals surface area contributed by atoms with Gasteiger partial charge in [0, 0.05) is 62.6 Å². The highest BCUT2D eigenvalue weighted by atomic mass is 16.6. The van der Waals surface area contributed by atoms with Crippen LogP contribution in [0.2, 0.25) is 0 Å². The lowest BCUT2D eigenvalue weighted by Crippen LogP contribution is -2.74. The Bertz CT molecular complexity index is 1080. The molecule has 1 saturated heterocycles. The van der Waals surface area contributed by atoms with Gasteiger partial charge >= 0.3 is 5.97 Å². The molecule has 1 heterocycles. The predicted octanol–water partition coefficient (Wildman–Crippen LogP) is 3.11. The maximum Gasteiger partial charge on any atom is 0.340 e. The van der Waals surface area contributed by atoms with E-state index in [1.54, 1.807) is 19.2 Å². The zero-order valence-electron chi connectivity index (χ0n) is 21.7. The van der Waals surface area contributed by atoms with Gasteiger partial charge in [0.15, 0.2) is 0 Å². The highest BCUT2D eigenvalue weighted by molar-refractivity contribution is 5.95. The van der Waals surface area contributed by atoms with Crippen LogP contribution in [0.25, 0.3) is 0 Å². The molecule has 5 saturated carbocycles. The molecule has 5 unspecified atom stereocenters. The second-order valence-corrected chi connectivity index (χ2v) is 12.6. The summed E-state index contributed by atoms with van der Waals surface area (Å²) >= 11 is 0. The summed E-state index contributed by atoms with van der Waals surface area (Å²) < 4.78 is 18.8. The average molecular weight is 497 g/mol. The van der Waals surface area contributed by atoms with Gasteiger partial charge in [0.2, 0.25) is 0 Å². The molecule has 3 N–H and O–H groups in total. The van der Waals surface area contributed by atoms with Crippen molar-refractivity contribution in [3.63, 3.8) is 0 Å². The number of para-hydroxylation sites is 1. The number of rotatable bonds is 5. The third kappa shape index (κ3) is 2.61. The van der Waals surface area contributed by atoms with Gasteiger partial charge in [0.25, 0.3) is 0 Å². The van der Waals surface area contributed by atoms with Gasteiger partial charge in [0.1, 0.15) is 5.60 Å². The molecule has 7 rings (SSSR count). The second-order valence-electron chi connectivity index (χ2n) is 12.6. The van der Waals surface area contributed by atoms with Crippen molar-refractivity contribution < 1.29 is 24.1 Å². The van der Waals surface area contributed by atoms with Crippen LogP contribution in [0.3, 0.4) is 0 Å². The van der Waals surface area contributed by atoms with Crippen LogP contribution in [0.1, 0.15) is 55.8 Å². The van der Waals surface area contributed by atoms with Gasteiger partial charge < -0.3 is 25.1 Å². The molecule has 6 fully saturated rings. The van der Waals surface area contributed by atoms with Crippen molar-refractivity contribution in [2.24, 2.45) is 35.0 Å². The number of likely N-dealkylation sites (tertiary alicyclic amines) is 1. The molecule has 1 spiro atoms. The molecule has 1 aromatic carbocycles. The summed E-state index contributed by atoms with van der Waals surface area (Å²) in [6.07, 6.45) is 5.73. The van der Waals surface area contributed by atoms with E-state index >= 15 is 0 Å². The SMILES string of the molecule is CCN1CC2(OC(=O)c3ccccc3N)CCC[C@@]34C5C[C@H]6C(OC)CC(O)(C5[C@H]6OC)[C@@H](C[C@H]23)[C@H]14. The van der Waals surface area contributed by atoms with E-state index in [-0.39, 0.29) is 41.3 Å². The van der Waals surface area contributed by atoms with Gasteiger partial charge in [-0.2, -0.15) is 0 Å². The molecule has 0 amide bonds. The zero-order chi connectivity index (χ0) is 25.0. The molecule has 7 heteroatoms. The Morgan fingerprint density at radius 1 is 1.17 bits per heavy atom. The minimum Gasteiger partial charge on any atom is -0.454 e. The van der Waals surface area contributed by atoms with E-state index in [2.05, 4.69) is 11.8 Å². The molecule has 7 nitrogen and oxygen atoms in total. The van der Waals surface area contributed by atoms with Gasteiger partial charge in [-0.1, -0.05) is 19.1 Å². The van der Waals surface area contributed by atoms with Crippen molar-refractivity contribution in [1.82, 2.24) is 4.90 Å². The van der Waals surface area contributed by atoms with E-state index in [0.29, 0.717) is 35.5 Å². The summed E-state index contributed by atoms with van der Waals surface area (Å²) in [6, 6.07) is 7.54. The van der Waals surface area contributed by atoms with Crippen LogP contribution in [-0.4, -0.2) is 72.7 Å². The van der Waals surface area contributed by atoms with E-state index in [9.17, 15) is 9.90 Å². The largest absolute Gasteiger partial charge is 0.454 e. The van der Waals surface area contributed by atoms with Gasteiger partial charge in [-0.05, 0) is 62.1 Å². The summed E-state index contributed by atoms with van der Waals surface area (Å²) in [5.41, 5.74) is 5.77. The van der Waals surface area contributed by atoms with E-state index < -0.39 is 11.2 Å². The number of ether oxygens (including phenoxy) is 3. The number of esters is 1. The molecule has 0 aromatic heterocycles. The number of benzene rings is 1. The third-order valence-electron chi connectivity index (χ3n) is 11.9. The normalized spacial score (nSPS) is 50.2. The first-order valence-electron chi connectivity index (χ1n) is 13.9. The monoisotopic (exact) mass is 496 g/mol. The number of carbonyl (C=O) groups excluding carboxylic acids is 1. The summed E-state index contributed by atoms with van der Waals surface area (Å²) in [4.78, 5) is 16.1. The Labute approximate surface area is 213 Å². The molecular formula is C29H40N2O5. The van der Waals surface area contributed by atoms with Crippen molar-refractivity contribution in [2.75, 3.05) is 33.0 Å². The van der Waals surface area contributed by atoms with Crippen molar-refractivity contribution in [2.45, 2.75) is 74.9 Å². The number of carbonyl (C=O) groups is 1. The first-order chi connectivity index (χ1) is 17.3. The first kappa shape index (κ1) is 23.4. The van der Waals surface area contributed by atoms with E-state index in [4.69, 9.17) is 19.9 Å². The maximum absolute atomic E-state index is 13.6. The smallest absolute Gasteiger partial charge is 0.340 e. The Morgan fingerprint density at radius 3 is 2.69 bits per heavy atom. The molecule has 1 aromatic rings. The fourth-order valence-corrected chi connectivity index (χ4v) is 11.0. The summed E-state index contributed by atoms with van der Waals surface area (Å²) in [5.74, 6) is 0.862. The topological polar surface area (TPSA) is 94.3 Å². The van der Waals surface area contributed by atoms with Crippen LogP contribution in [-0.2, 0) is 14.2 Å². The number of hydrogen-bond acceptors (Lipinski definition) is 7. The molecular weight excluding hydrogens is 456 g/mol. The molecule has 6 aliphatic rings. The number of aliphatic hydroxyl groups is 1. The Balaban J connectivity index is 1.35. The van der Waals surface area contributed by atoms with E-state index in [1.165, 1.54) is 0 Å². The molecule has 7 bridgehead atoms. The minimum absolute atomic E-state index is 0.0234. The highest BCUT2D eigenvalue weighted by Gasteiger charge is 2.82. The number of methoxy groups -OCH3 is 2. The number of nitrogens with two attached hydrogens (primary N) is 1. The maximum atomic E-state index is 13.6. The Kier molecular flexibility index (Phi) is 5.01. The van der Waals surface area contributed by atoms with Crippen molar-refractivity contribution in [1.29, 1.82) is 0 Å². The minimum atomic E-state index is -0.816.